The molecule has 0 fully saturated rings. The van der Waals surface area contributed by atoms with E-state index in [1.807, 2.05) is 30.3 Å². The van der Waals surface area contributed by atoms with Crippen molar-refractivity contribution in [2.24, 2.45) is 22.2 Å². The summed E-state index contributed by atoms with van der Waals surface area (Å²) < 4.78 is 6.14. The second-order valence-corrected chi connectivity index (χ2v) is 12.0. The molecule has 260 valence electrons. The smallest absolute Gasteiger partial charge is 0.255 e. The van der Waals surface area contributed by atoms with Crippen molar-refractivity contribution in [1.29, 1.82) is 0 Å². The molecule has 1 aliphatic rings. The second-order valence-electron chi connectivity index (χ2n) is 12.0. The van der Waals surface area contributed by atoms with E-state index in [1.165, 1.54) is 6.07 Å². The standard InChI is InChI=1S/C36H41N9O5/c37-25-11-7-21(8-12-25)16-30-35(49)44-27(6-3-15-41-36(39)40)20-50-31-14-13-26(18-28(31)33(47)42-19-29(38)34(48)45-30)43-32(46)24-10-9-22-4-1-2-5-23(22)17-24/h1-2,4-5,7-14,17-18,27,29-30H,3,6,15-16,19-20,37-38H2,(H,42,47)(H,43,46)(H,44,49)(H,45,48)(H4,39,40,41)/t27-,29+,30-/m0/s1. The maximum atomic E-state index is 13.7. The lowest BCUT2D eigenvalue weighted by molar-refractivity contribution is -0.130. The van der Waals surface area contributed by atoms with Crippen molar-refractivity contribution in [2.45, 2.75) is 37.4 Å². The first-order valence-electron chi connectivity index (χ1n) is 16.2. The average Bonchev–Trinajstić information content (AvgIpc) is 3.11. The quantitative estimate of drug-likeness (QED) is 0.0580. The molecule has 0 radical (unpaired) electrons. The monoisotopic (exact) mass is 679 g/mol. The van der Waals surface area contributed by atoms with Gasteiger partial charge >= 0.3 is 0 Å². The SMILES string of the molecule is NC(N)=NCCC[C@H]1COc2ccc(NC(=O)c3ccc4ccccc4c3)cc2C(=O)NC[C@@H](N)C(=O)N[C@@H](Cc2ccc(N)cc2)C(=O)N1. The highest BCUT2D eigenvalue weighted by Crippen LogP contribution is 2.25. The highest BCUT2D eigenvalue weighted by Gasteiger charge is 2.28. The summed E-state index contributed by atoms with van der Waals surface area (Å²) in [7, 11) is 0. The molecule has 0 spiro atoms. The fraction of sp³-hybridized carbons (Fsp3) is 0.250. The zero-order valence-electron chi connectivity index (χ0n) is 27.4. The molecule has 4 aromatic carbocycles. The Balaban J connectivity index is 1.39. The van der Waals surface area contributed by atoms with E-state index in [4.69, 9.17) is 27.7 Å². The van der Waals surface area contributed by atoms with Crippen molar-refractivity contribution < 1.29 is 23.9 Å². The fourth-order valence-corrected chi connectivity index (χ4v) is 5.45. The maximum Gasteiger partial charge on any atom is 0.255 e. The number of ether oxygens (including phenoxy) is 1. The highest BCUT2D eigenvalue weighted by molar-refractivity contribution is 6.07. The summed E-state index contributed by atoms with van der Waals surface area (Å²) in [6.45, 7) is 0.0501. The zero-order chi connectivity index (χ0) is 35.6. The van der Waals surface area contributed by atoms with E-state index < -0.39 is 35.8 Å². The first-order valence-corrected chi connectivity index (χ1v) is 16.2. The van der Waals surface area contributed by atoms with Crippen LogP contribution >= 0.6 is 0 Å². The lowest BCUT2D eigenvalue weighted by atomic mass is 10.0. The van der Waals surface area contributed by atoms with Gasteiger partial charge in [0.05, 0.1) is 11.6 Å². The van der Waals surface area contributed by atoms with Crippen molar-refractivity contribution >= 4 is 51.7 Å². The lowest BCUT2D eigenvalue weighted by Gasteiger charge is -2.26. The van der Waals surface area contributed by atoms with Crippen LogP contribution in [-0.4, -0.2) is 67.4 Å². The third kappa shape index (κ3) is 9.48. The molecule has 14 nitrogen and oxygen atoms in total. The van der Waals surface area contributed by atoms with Gasteiger partial charge in [0.2, 0.25) is 11.8 Å². The van der Waals surface area contributed by atoms with Crippen molar-refractivity contribution in [3.8, 4) is 5.75 Å². The molecule has 12 N–H and O–H groups in total. The highest BCUT2D eigenvalue weighted by atomic mass is 16.5. The van der Waals surface area contributed by atoms with E-state index in [-0.39, 0.29) is 42.8 Å². The molecule has 4 aromatic rings. The van der Waals surface area contributed by atoms with Gasteiger partial charge in [0.25, 0.3) is 11.8 Å². The minimum Gasteiger partial charge on any atom is -0.491 e. The van der Waals surface area contributed by atoms with Crippen LogP contribution in [0.3, 0.4) is 0 Å². The van der Waals surface area contributed by atoms with Crippen LogP contribution in [0.4, 0.5) is 11.4 Å². The van der Waals surface area contributed by atoms with E-state index in [1.54, 1.807) is 48.5 Å². The first kappa shape index (κ1) is 35.2. The molecule has 0 aromatic heterocycles. The minimum absolute atomic E-state index is 0.0291. The molecule has 5 rings (SSSR count). The second kappa shape index (κ2) is 16.3. The Morgan fingerprint density at radius 3 is 2.42 bits per heavy atom. The van der Waals surface area contributed by atoms with Crippen LogP contribution in [0.2, 0.25) is 0 Å². The maximum absolute atomic E-state index is 13.7. The van der Waals surface area contributed by atoms with Gasteiger partial charge in [-0.3, -0.25) is 24.2 Å². The molecule has 0 saturated carbocycles. The molecular formula is C36H41N9O5. The number of fused-ring (bicyclic) bond motifs is 2. The Kier molecular flexibility index (Phi) is 11.5. The Labute approximate surface area is 289 Å². The normalized spacial score (nSPS) is 18.3. The molecule has 1 heterocycles. The predicted molar refractivity (Wildman–Crippen MR) is 192 cm³/mol. The summed E-state index contributed by atoms with van der Waals surface area (Å²) in [5.41, 5.74) is 25.1. The fourth-order valence-electron chi connectivity index (χ4n) is 5.45. The van der Waals surface area contributed by atoms with Gasteiger partial charge in [-0.2, -0.15) is 0 Å². The summed E-state index contributed by atoms with van der Waals surface area (Å²) in [5.74, 6) is -1.88. The van der Waals surface area contributed by atoms with Crippen LogP contribution in [0.5, 0.6) is 5.75 Å². The van der Waals surface area contributed by atoms with Crippen molar-refractivity contribution in [1.82, 2.24) is 16.0 Å². The van der Waals surface area contributed by atoms with Crippen LogP contribution < -0.4 is 48.9 Å². The van der Waals surface area contributed by atoms with Gasteiger partial charge in [0.1, 0.15) is 24.4 Å². The van der Waals surface area contributed by atoms with Crippen LogP contribution in [0, 0.1) is 0 Å². The van der Waals surface area contributed by atoms with Crippen molar-refractivity contribution in [3.05, 3.63) is 102 Å². The number of nitrogens with one attached hydrogen (secondary N) is 4. The number of hydrogen-bond donors (Lipinski definition) is 8. The van der Waals surface area contributed by atoms with Crippen molar-refractivity contribution in [2.75, 3.05) is 30.7 Å². The zero-order valence-corrected chi connectivity index (χ0v) is 27.4. The largest absolute Gasteiger partial charge is 0.491 e. The molecule has 14 heteroatoms. The third-order valence-corrected chi connectivity index (χ3v) is 8.16. The molecule has 0 aliphatic carbocycles. The summed E-state index contributed by atoms with van der Waals surface area (Å²) in [6.07, 6.45) is 1.07. The number of aliphatic imine (C=N–C) groups is 1. The Morgan fingerprint density at radius 1 is 0.900 bits per heavy atom. The number of carbonyl (C=O) groups excluding carboxylic acids is 4. The number of carbonyl (C=O) groups is 4. The molecule has 4 amide bonds. The molecule has 50 heavy (non-hydrogen) atoms. The van der Waals surface area contributed by atoms with Crippen LogP contribution in [0.25, 0.3) is 10.8 Å². The number of nitrogens with two attached hydrogens (primary N) is 4. The van der Waals surface area contributed by atoms with Gasteiger partial charge < -0.3 is 48.9 Å². The number of anilines is 2. The van der Waals surface area contributed by atoms with Gasteiger partial charge in [0, 0.05) is 36.4 Å². The summed E-state index contributed by atoms with van der Waals surface area (Å²) >= 11 is 0. The number of nitrogens with zero attached hydrogens (tertiary/aromatic N) is 1. The van der Waals surface area contributed by atoms with E-state index >= 15 is 0 Å². The predicted octanol–water partition coefficient (Wildman–Crippen LogP) is 1.39. The Hall–Kier alpha value is -6.15. The van der Waals surface area contributed by atoms with Gasteiger partial charge in [-0.15, -0.1) is 0 Å². The lowest BCUT2D eigenvalue weighted by Crippen LogP contribution is -2.56. The van der Waals surface area contributed by atoms with Gasteiger partial charge in [-0.25, -0.2) is 0 Å². The third-order valence-electron chi connectivity index (χ3n) is 8.16. The van der Waals surface area contributed by atoms with E-state index in [9.17, 15) is 19.2 Å². The van der Waals surface area contributed by atoms with E-state index in [2.05, 4.69) is 26.3 Å². The van der Waals surface area contributed by atoms with Crippen LogP contribution in [-0.2, 0) is 16.0 Å². The van der Waals surface area contributed by atoms with E-state index in [0.29, 0.717) is 36.3 Å². The summed E-state index contributed by atoms with van der Waals surface area (Å²) in [6, 6.07) is 21.9. The van der Waals surface area contributed by atoms with Crippen LogP contribution in [0.15, 0.2) is 89.9 Å². The molecule has 0 unspecified atom stereocenters. The minimum atomic E-state index is -1.18. The first-order chi connectivity index (χ1) is 24.0. The summed E-state index contributed by atoms with van der Waals surface area (Å²) in [4.78, 5) is 57.6. The number of benzene rings is 4. The molecule has 0 bridgehead atoms. The average molecular weight is 680 g/mol. The molecule has 3 atom stereocenters. The summed E-state index contributed by atoms with van der Waals surface area (Å²) in [5, 5.41) is 13.1. The van der Waals surface area contributed by atoms with Crippen molar-refractivity contribution in [3.63, 3.8) is 0 Å². The number of rotatable bonds is 8. The van der Waals surface area contributed by atoms with Gasteiger partial charge in [-0.1, -0.05) is 42.5 Å². The molecular weight excluding hydrogens is 638 g/mol. The Morgan fingerprint density at radius 2 is 1.66 bits per heavy atom. The number of hydrogen-bond acceptors (Lipinski definition) is 8. The Bertz CT molecular complexity index is 1890. The topological polar surface area (TPSA) is 242 Å². The number of nitrogen functional groups attached to an aromatic ring is 1. The number of amides is 4. The van der Waals surface area contributed by atoms with E-state index in [0.717, 1.165) is 16.3 Å². The number of guanidine groups is 1. The van der Waals surface area contributed by atoms with Gasteiger partial charge in [0.15, 0.2) is 5.96 Å². The molecule has 0 saturated heterocycles. The molecule has 1 aliphatic heterocycles. The van der Waals surface area contributed by atoms with Crippen LogP contribution in [0.1, 0.15) is 39.1 Å². The van der Waals surface area contributed by atoms with Gasteiger partial charge in [-0.05, 0) is 71.6 Å².